The lowest BCUT2D eigenvalue weighted by Gasteiger charge is -2.38. The highest BCUT2D eigenvalue weighted by atomic mass is 32.1. The van der Waals surface area contributed by atoms with Crippen LogP contribution in [0.3, 0.4) is 0 Å². The second-order valence-electron chi connectivity index (χ2n) is 4.24. The first-order valence-corrected chi connectivity index (χ1v) is 5.71. The third-order valence-electron chi connectivity index (χ3n) is 2.83. The van der Waals surface area contributed by atoms with Crippen molar-refractivity contribution in [3.8, 4) is 0 Å². The third-order valence-corrected chi connectivity index (χ3v) is 3.23. The van der Waals surface area contributed by atoms with Gasteiger partial charge in [0.1, 0.15) is 0 Å². The molecular formula is C10H20N2O2S. The Morgan fingerprint density at radius 1 is 1.73 bits per heavy atom. The Morgan fingerprint density at radius 3 is 2.93 bits per heavy atom. The molecule has 0 aliphatic carbocycles. The van der Waals surface area contributed by atoms with E-state index in [1.807, 2.05) is 6.92 Å². The molecule has 15 heavy (non-hydrogen) atoms. The van der Waals surface area contributed by atoms with E-state index in [1.165, 1.54) is 0 Å². The molecule has 1 fully saturated rings. The summed E-state index contributed by atoms with van der Waals surface area (Å²) in [6.07, 6.45) is -0.0697. The van der Waals surface area contributed by atoms with Crippen molar-refractivity contribution < 1.29 is 9.84 Å². The smallest absolute Gasteiger partial charge is 0.0933 e. The van der Waals surface area contributed by atoms with Crippen LogP contribution in [-0.4, -0.2) is 53.4 Å². The van der Waals surface area contributed by atoms with Crippen LogP contribution in [0.4, 0.5) is 0 Å². The molecular weight excluding hydrogens is 212 g/mol. The van der Waals surface area contributed by atoms with Crippen molar-refractivity contribution in [1.82, 2.24) is 4.90 Å². The van der Waals surface area contributed by atoms with Gasteiger partial charge in [0, 0.05) is 25.0 Å². The van der Waals surface area contributed by atoms with E-state index in [4.69, 9.17) is 27.8 Å². The second-order valence-corrected chi connectivity index (χ2v) is 4.72. The number of morpholine rings is 1. The van der Waals surface area contributed by atoms with Gasteiger partial charge in [0.05, 0.1) is 24.3 Å². The van der Waals surface area contributed by atoms with Gasteiger partial charge in [0.15, 0.2) is 0 Å². The maximum absolute atomic E-state index is 9.04. The molecule has 0 spiro atoms. The lowest BCUT2D eigenvalue weighted by Crippen LogP contribution is -2.51. The molecule has 4 nitrogen and oxygen atoms in total. The molecule has 0 aromatic carbocycles. The molecule has 5 heteroatoms. The summed E-state index contributed by atoms with van der Waals surface area (Å²) < 4.78 is 5.46. The molecule has 3 atom stereocenters. The summed E-state index contributed by atoms with van der Waals surface area (Å²) in [5.74, 6) is 0.208. The Labute approximate surface area is 96.4 Å². The highest BCUT2D eigenvalue weighted by Crippen LogP contribution is 2.13. The monoisotopic (exact) mass is 232 g/mol. The van der Waals surface area contributed by atoms with Gasteiger partial charge in [-0.1, -0.05) is 19.1 Å². The minimum Gasteiger partial charge on any atom is -0.394 e. The summed E-state index contributed by atoms with van der Waals surface area (Å²) in [4.78, 5) is 2.82. The van der Waals surface area contributed by atoms with Gasteiger partial charge >= 0.3 is 0 Å². The topological polar surface area (TPSA) is 58.7 Å². The maximum atomic E-state index is 9.04. The predicted octanol–water partition coefficient (Wildman–Crippen LogP) is -0.00980. The molecule has 0 aromatic heterocycles. The van der Waals surface area contributed by atoms with Gasteiger partial charge < -0.3 is 15.6 Å². The standard InChI is InChI=1S/C10H20N2O2S/c1-7(10(11)15)3-12-4-9(5-13)14-6-8(12)2/h7-9,13H,3-6H2,1-2H3,(H2,11,15). The van der Waals surface area contributed by atoms with Crippen molar-refractivity contribution in [2.24, 2.45) is 11.7 Å². The molecule has 1 saturated heterocycles. The van der Waals surface area contributed by atoms with Gasteiger partial charge in [-0.2, -0.15) is 0 Å². The first-order valence-electron chi connectivity index (χ1n) is 5.30. The van der Waals surface area contributed by atoms with Crippen molar-refractivity contribution >= 4 is 17.2 Å². The molecule has 88 valence electrons. The number of hydrogen-bond acceptors (Lipinski definition) is 4. The number of aliphatic hydroxyl groups excluding tert-OH is 1. The summed E-state index contributed by atoms with van der Waals surface area (Å²) in [6, 6.07) is 0.365. The lowest BCUT2D eigenvalue weighted by molar-refractivity contribution is -0.0791. The van der Waals surface area contributed by atoms with E-state index < -0.39 is 0 Å². The SMILES string of the molecule is CC(CN1CC(CO)OCC1C)C(N)=S. The minimum absolute atomic E-state index is 0.0697. The largest absolute Gasteiger partial charge is 0.394 e. The number of ether oxygens (including phenoxy) is 1. The maximum Gasteiger partial charge on any atom is 0.0933 e. The molecule has 3 unspecified atom stereocenters. The number of hydrogen-bond donors (Lipinski definition) is 2. The zero-order valence-corrected chi connectivity index (χ0v) is 10.2. The fraction of sp³-hybridized carbons (Fsp3) is 0.900. The van der Waals surface area contributed by atoms with Crippen LogP contribution in [0.5, 0.6) is 0 Å². The van der Waals surface area contributed by atoms with Gasteiger partial charge in [-0.3, -0.25) is 4.90 Å². The average molecular weight is 232 g/mol. The molecule has 0 radical (unpaired) electrons. The minimum atomic E-state index is -0.0697. The molecule has 3 N–H and O–H groups in total. The van der Waals surface area contributed by atoms with E-state index in [0.29, 0.717) is 17.6 Å². The highest BCUT2D eigenvalue weighted by molar-refractivity contribution is 7.80. The van der Waals surface area contributed by atoms with Crippen molar-refractivity contribution in [3.63, 3.8) is 0 Å². The molecule has 1 aliphatic heterocycles. The zero-order valence-electron chi connectivity index (χ0n) is 9.35. The van der Waals surface area contributed by atoms with Crippen LogP contribution in [0, 0.1) is 5.92 Å². The van der Waals surface area contributed by atoms with E-state index in [1.54, 1.807) is 0 Å². The van der Waals surface area contributed by atoms with Crippen LogP contribution in [-0.2, 0) is 4.74 Å². The first kappa shape index (κ1) is 12.8. The quantitative estimate of drug-likeness (QED) is 0.668. The second kappa shape index (κ2) is 5.75. The van der Waals surface area contributed by atoms with Crippen LogP contribution >= 0.6 is 12.2 Å². The van der Waals surface area contributed by atoms with E-state index in [9.17, 15) is 0 Å². The lowest BCUT2D eigenvalue weighted by atomic mass is 10.1. The number of thiocarbonyl (C=S) groups is 1. The Morgan fingerprint density at radius 2 is 2.40 bits per heavy atom. The molecule has 1 rings (SSSR count). The van der Waals surface area contributed by atoms with Crippen molar-refractivity contribution in [1.29, 1.82) is 0 Å². The predicted molar refractivity (Wildman–Crippen MR) is 63.8 cm³/mol. The summed E-state index contributed by atoms with van der Waals surface area (Å²) in [7, 11) is 0. The van der Waals surface area contributed by atoms with Crippen LogP contribution < -0.4 is 5.73 Å². The molecule has 1 aliphatic rings. The van der Waals surface area contributed by atoms with Gasteiger partial charge in [0.25, 0.3) is 0 Å². The number of nitrogens with two attached hydrogens (primary N) is 1. The van der Waals surface area contributed by atoms with Crippen LogP contribution in [0.25, 0.3) is 0 Å². The fourth-order valence-electron chi connectivity index (χ4n) is 1.68. The molecule has 0 aromatic rings. The van der Waals surface area contributed by atoms with E-state index in [2.05, 4.69) is 11.8 Å². The van der Waals surface area contributed by atoms with Crippen LogP contribution in [0.15, 0.2) is 0 Å². The molecule has 0 amide bonds. The van der Waals surface area contributed by atoms with Crippen LogP contribution in [0.1, 0.15) is 13.8 Å². The molecule has 0 bridgehead atoms. The van der Waals surface area contributed by atoms with Crippen LogP contribution in [0.2, 0.25) is 0 Å². The van der Waals surface area contributed by atoms with Crippen molar-refractivity contribution in [2.45, 2.75) is 26.0 Å². The van der Waals surface area contributed by atoms with Crippen molar-refractivity contribution in [2.75, 3.05) is 26.3 Å². The Balaban J connectivity index is 2.47. The third kappa shape index (κ3) is 3.68. The van der Waals surface area contributed by atoms with E-state index >= 15 is 0 Å². The van der Waals surface area contributed by atoms with E-state index in [-0.39, 0.29) is 18.6 Å². The molecule has 0 saturated carbocycles. The average Bonchev–Trinajstić information content (AvgIpc) is 2.21. The summed E-state index contributed by atoms with van der Waals surface area (Å²) in [6.45, 7) is 6.47. The molecule has 1 heterocycles. The number of nitrogens with zero attached hydrogens (tertiary/aromatic N) is 1. The number of rotatable bonds is 4. The van der Waals surface area contributed by atoms with E-state index in [0.717, 1.165) is 13.1 Å². The van der Waals surface area contributed by atoms with Gasteiger partial charge in [-0.25, -0.2) is 0 Å². The van der Waals surface area contributed by atoms with Gasteiger partial charge in [0.2, 0.25) is 0 Å². The first-order chi connectivity index (χ1) is 7.04. The highest BCUT2D eigenvalue weighted by Gasteiger charge is 2.26. The number of aliphatic hydroxyl groups is 1. The van der Waals surface area contributed by atoms with Gasteiger partial charge in [-0.15, -0.1) is 0 Å². The summed E-state index contributed by atoms with van der Waals surface area (Å²) >= 11 is 4.95. The van der Waals surface area contributed by atoms with Gasteiger partial charge in [-0.05, 0) is 6.92 Å². The van der Waals surface area contributed by atoms with Crippen molar-refractivity contribution in [3.05, 3.63) is 0 Å². The summed E-state index contributed by atoms with van der Waals surface area (Å²) in [5.41, 5.74) is 5.59. The Hall–Kier alpha value is -0.230. The Kier molecular flexibility index (Phi) is 4.92. The Bertz CT molecular complexity index is 225. The summed E-state index contributed by atoms with van der Waals surface area (Å²) in [5, 5.41) is 9.04. The normalized spacial score (nSPS) is 30.1. The zero-order chi connectivity index (χ0) is 11.4. The fourth-order valence-corrected chi connectivity index (χ4v) is 1.76.